The summed E-state index contributed by atoms with van der Waals surface area (Å²) in [4.78, 5) is 15.3. The molecular weight excluding hydrogens is 469 g/mol. The number of hydrogen-bond donors (Lipinski definition) is 0. The van der Waals surface area contributed by atoms with Crippen molar-refractivity contribution in [2.24, 2.45) is 0 Å². The third kappa shape index (κ3) is 5.57. The monoisotopic (exact) mass is 499 g/mol. The van der Waals surface area contributed by atoms with Gasteiger partial charge in [0.15, 0.2) is 0 Å². The topological polar surface area (TPSA) is 56.6 Å². The Morgan fingerprint density at radius 2 is 1.86 bits per heavy atom. The predicted octanol–water partition coefficient (Wildman–Crippen LogP) is 6.24. The van der Waals surface area contributed by atoms with Crippen molar-refractivity contribution in [3.8, 4) is 17.3 Å². The normalized spacial score (nSPS) is 15.1. The van der Waals surface area contributed by atoms with E-state index in [9.17, 15) is 9.18 Å². The molecule has 2 heterocycles. The van der Waals surface area contributed by atoms with Crippen LogP contribution in [0, 0.1) is 19.7 Å². The van der Waals surface area contributed by atoms with Crippen molar-refractivity contribution in [2.75, 3.05) is 13.2 Å². The smallest absolute Gasteiger partial charge is 0.257 e. The summed E-state index contributed by atoms with van der Waals surface area (Å²) in [7, 11) is 0. The van der Waals surface area contributed by atoms with Crippen LogP contribution in [-0.4, -0.2) is 39.8 Å². The summed E-state index contributed by atoms with van der Waals surface area (Å²) in [5.41, 5.74) is 3.43. The van der Waals surface area contributed by atoms with Crippen LogP contribution in [-0.2, 0) is 11.3 Å². The molecule has 1 aromatic heterocycles. The highest BCUT2D eigenvalue weighted by Gasteiger charge is 2.29. The number of nitrogens with zero attached hydrogens (tertiary/aromatic N) is 3. The van der Waals surface area contributed by atoms with Crippen molar-refractivity contribution < 1.29 is 18.7 Å². The van der Waals surface area contributed by atoms with Gasteiger partial charge in [-0.1, -0.05) is 42.5 Å². The number of halogens is 1. The molecule has 6 nitrogen and oxygen atoms in total. The number of carbonyl (C=O) groups excluding carboxylic acids is 1. The number of aryl methyl sites for hydroxylation is 2. The fraction of sp³-hybridized carbons (Fsp3) is 0.267. The highest BCUT2D eigenvalue weighted by atomic mass is 19.1. The number of benzene rings is 3. The quantitative estimate of drug-likeness (QED) is 0.288. The number of ether oxygens (including phenoxy) is 2. The largest absolute Gasteiger partial charge is 0.439 e. The van der Waals surface area contributed by atoms with Gasteiger partial charge < -0.3 is 14.4 Å². The molecule has 0 N–H and O–H groups in total. The van der Waals surface area contributed by atoms with E-state index >= 15 is 0 Å². The van der Waals surface area contributed by atoms with E-state index in [-0.39, 0.29) is 24.1 Å². The van der Waals surface area contributed by atoms with E-state index in [1.54, 1.807) is 21.7 Å². The van der Waals surface area contributed by atoms with Gasteiger partial charge in [0.2, 0.25) is 5.88 Å². The maximum Gasteiger partial charge on any atom is 0.257 e. The zero-order valence-electron chi connectivity index (χ0n) is 21.1. The van der Waals surface area contributed by atoms with Crippen LogP contribution in [0.3, 0.4) is 0 Å². The number of rotatable bonds is 8. The third-order valence-corrected chi connectivity index (χ3v) is 6.53. The molecule has 0 saturated carbocycles. The van der Waals surface area contributed by atoms with E-state index in [2.05, 4.69) is 0 Å². The Morgan fingerprint density at radius 1 is 1.08 bits per heavy atom. The summed E-state index contributed by atoms with van der Waals surface area (Å²) in [6, 6.07) is 23.6. The molecule has 1 unspecified atom stereocenters. The Kier molecular flexibility index (Phi) is 7.32. The molecule has 190 valence electrons. The number of amides is 1. The Bertz CT molecular complexity index is 1380. The van der Waals surface area contributed by atoms with Gasteiger partial charge in [-0.15, -0.1) is 0 Å². The summed E-state index contributed by atoms with van der Waals surface area (Å²) in [6.45, 7) is 5.12. The van der Waals surface area contributed by atoms with E-state index in [0.717, 1.165) is 35.3 Å². The first-order valence-corrected chi connectivity index (χ1v) is 12.5. The maximum absolute atomic E-state index is 14.6. The van der Waals surface area contributed by atoms with E-state index in [1.165, 1.54) is 12.1 Å². The minimum absolute atomic E-state index is 0.0368. The molecule has 1 aliphatic rings. The molecule has 0 spiro atoms. The number of hydrogen-bond acceptors (Lipinski definition) is 4. The first kappa shape index (κ1) is 24.7. The molecular formula is C30H30FN3O3. The molecule has 1 saturated heterocycles. The van der Waals surface area contributed by atoms with Crippen LogP contribution in [0.25, 0.3) is 5.69 Å². The maximum atomic E-state index is 14.6. The van der Waals surface area contributed by atoms with Gasteiger partial charge in [0.05, 0.1) is 35.2 Å². The number of para-hydroxylation sites is 1. The van der Waals surface area contributed by atoms with Crippen LogP contribution >= 0.6 is 0 Å². The number of aromatic nitrogens is 2. The van der Waals surface area contributed by atoms with Crippen molar-refractivity contribution in [2.45, 2.75) is 39.3 Å². The van der Waals surface area contributed by atoms with Gasteiger partial charge in [0.1, 0.15) is 11.6 Å². The fourth-order valence-corrected chi connectivity index (χ4v) is 4.61. The second-order valence-electron chi connectivity index (χ2n) is 9.34. The van der Waals surface area contributed by atoms with E-state index < -0.39 is 5.82 Å². The van der Waals surface area contributed by atoms with Crippen LogP contribution < -0.4 is 4.74 Å². The number of carbonyl (C=O) groups is 1. The van der Waals surface area contributed by atoms with Crippen molar-refractivity contribution in [3.63, 3.8) is 0 Å². The molecule has 1 fully saturated rings. The molecule has 1 atom stereocenters. The average molecular weight is 500 g/mol. The molecule has 0 aliphatic carbocycles. The minimum Gasteiger partial charge on any atom is -0.439 e. The third-order valence-electron chi connectivity index (χ3n) is 6.53. The lowest BCUT2D eigenvalue weighted by atomic mass is 10.1. The van der Waals surface area contributed by atoms with Gasteiger partial charge in [0, 0.05) is 13.2 Å². The SMILES string of the molecule is Cc1cccc(Oc2c(CN(CC3CCCO3)C(=O)c3ccccc3F)c(C)nn2-c2ccccc2)c1. The van der Waals surface area contributed by atoms with Crippen LogP contribution in [0.4, 0.5) is 4.39 Å². The molecule has 5 rings (SSSR count). The Morgan fingerprint density at radius 3 is 2.59 bits per heavy atom. The summed E-state index contributed by atoms with van der Waals surface area (Å²) in [5, 5.41) is 4.78. The summed E-state index contributed by atoms with van der Waals surface area (Å²) in [5.74, 6) is 0.261. The standard InChI is InChI=1S/C30H30FN3O3/c1-21-10-8-13-24(18-21)37-30-27(22(2)32-34(30)23-11-4-3-5-12-23)20-33(19-25-14-9-17-36-25)29(35)26-15-6-7-16-28(26)31/h3-8,10-13,15-16,18,25H,9,14,17,19-20H2,1-2H3. The van der Waals surface area contributed by atoms with Crippen molar-refractivity contribution in [1.82, 2.24) is 14.7 Å². The molecule has 3 aromatic carbocycles. The lowest BCUT2D eigenvalue weighted by Gasteiger charge is -2.26. The zero-order valence-corrected chi connectivity index (χ0v) is 21.1. The Labute approximate surface area is 216 Å². The highest BCUT2D eigenvalue weighted by molar-refractivity contribution is 5.94. The molecule has 0 bridgehead atoms. The average Bonchev–Trinajstić information content (AvgIpc) is 3.52. The molecule has 0 radical (unpaired) electrons. The van der Waals surface area contributed by atoms with Gasteiger partial charge in [-0.3, -0.25) is 4.79 Å². The second-order valence-corrected chi connectivity index (χ2v) is 9.34. The Balaban J connectivity index is 1.56. The van der Waals surface area contributed by atoms with Gasteiger partial charge in [0.25, 0.3) is 5.91 Å². The van der Waals surface area contributed by atoms with Gasteiger partial charge >= 0.3 is 0 Å². The summed E-state index contributed by atoms with van der Waals surface area (Å²) < 4.78 is 28.7. The minimum atomic E-state index is -0.544. The lowest BCUT2D eigenvalue weighted by molar-refractivity contribution is 0.0502. The Hall–Kier alpha value is -3.97. The van der Waals surface area contributed by atoms with Crippen LogP contribution in [0.5, 0.6) is 11.6 Å². The second kappa shape index (κ2) is 11.0. The van der Waals surface area contributed by atoms with Crippen molar-refractivity contribution in [3.05, 3.63) is 107 Å². The van der Waals surface area contributed by atoms with Crippen molar-refractivity contribution >= 4 is 5.91 Å². The van der Waals surface area contributed by atoms with Crippen molar-refractivity contribution in [1.29, 1.82) is 0 Å². The predicted molar refractivity (Wildman–Crippen MR) is 140 cm³/mol. The first-order chi connectivity index (χ1) is 18.0. The molecule has 37 heavy (non-hydrogen) atoms. The summed E-state index contributed by atoms with van der Waals surface area (Å²) in [6.07, 6.45) is 1.70. The lowest BCUT2D eigenvalue weighted by Crippen LogP contribution is -2.37. The highest BCUT2D eigenvalue weighted by Crippen LogP contribution is 2.33. The zero-order chi connectivity index (χ0) is 25.8. The van der Waals surface area contributed by atoms with Crippen LogP contribution in [0.1, 0.15) is 40.0 Å². The van der Waals surface area contributed by atoms with Crippen LogP contribution in [0.15, 0.2) is 78.9 Å². The molecule has 1 amide bonds. The van der Waals surface area contributed by atoms with Crippen LogP contribution in [0.2, 0.25) is 0 Å². The van der Waals surface area contributed by atoms with E-state index in [1.807, 2.05) is 68.4 Å². The van der Waals surface area contributed by atoms with E-state index in [4.69, 9.17) is 14.6 Å². The molecule has 4 aromatic rings. The van der Waals surface area contributed by atoms with Gasteiger partial charge in [-0.2, -0.15) is 5.10 Å². The summed E-state index contributed by atoms with van der Waals surface area (Å²) >= 11 is 0. The van der Waals surface area contributed by atoms with Gasteiger partial charge in [-0.25, -0.2) is 9.07 Å². The first-order valence-electron chi connectivity index (χ1n) is 12.5. The van der Waals surface area contributed by atoms with E-state index in [0.29, 0.717) is 24.8 Å². The molecule has 7 heteroatoms. The molecule has 1 aliphatic heterocycles. The fourth-order valence-electron chi connectivity index (χ4n) is 4.61. The van der Waals surface area contributed by atoms with Gasteiger partial charge in [-0.05, 0) is 68.7 Å².